The molecule has 0 aliphatic rings. The van der Waals surface area contributed by atoms with Crippen molar-refractivity contribution in [2.75, 3.05) is 0 Å². The van der Waals surface area contributed by atoms with Crippen molar-refractivity contribution >= 4 is 27.5 Å². The summed E-state index contributed by atoms with van der Waals surface area (Å²) in [5.41, 5.74) is 0.249. The molecule has 0 atom stereocenters. The average Bonchev–Trinajstić information content (AvgIpc) is 2.37. The van der Waals surface area contributed by atoms with E-state index in [1.165, 1.54) is 0 Å². The topological polar surface area (TPSA) is 40.1 Å². The van der Waals surface area contributed by atoms with Crippen LogP contribution in [0.4, 0.5) is 0 Å². The van der Waals surface area contributed by atoms with E-state index in [4.69, 9.17) is 0 Å². The maximum Gasteiger partial charge on any atom is 1.00 e. The Bertz CT molecular complexity index is 735. The number of aromatic carboxylic acids is 1. The minimum atomic E-state index is -1.13. The monoisotopic (exact) mass is 328 g/mol. The number of rotatable bonds is 1. The molecule has 3 heteroatoms. The molecule has 0 saturated heterocycles. The molecular weight excluding hydrogens is 320 g/mol. The van der Waals surface area contributed by atoms with Gasteiger partial charge in [0.05, 0.1) is 5.97 Å². The second-order valence-corrected chi connectivity index (χ2v) is 3.98. The first kappa shape index (κ1) is 12.8. The van der Waals surface area contributed by atoms with Crippen LogP contribution in [0, 0.1) is 0 Å². The fourth-order valence-corrected chi connectivity index (χ4v) is 2.22. The molecule has 0 spiro atoms. The molecule has 3 rings (SSSR count). The summed E-state index contributed by atoms with van der Waals surface area (Å²) in [6, 6.07) is 16.9. The van der Waals surface area contributed by atoms with Gasteiger partial charge in [-0.3, -0.25) is 0 Å². The fraction of sp³-hybridized carbons (Fsp3) is 0. The maximum atomic E-state index is 11.1. The summed E-state index contributed by atoms with van der Waals surface area (Å²) in [4.78, 5) is 11.1. The number of hydrogen-bond donors (Lipinski definition) is 0. The van der Waals surface area contributed by atoms with E-state index in [0.717, 1.165) is 21.5 Å². The summed E-state index contributed by atoms with van der Waals surface area (Å²) < 4.78 is 0. The molecule has 0 bridgehead atoms. The van der Waals surface area contributed by atoms with Crippen molar-refractivity contribution in [1.29, 1.82) is 0 Å². The smallest absolute Gasteiger partial charge is 0.545 e. The predicted molar refractivity (Wildman–Crippen MR) is 65.8 cm³/mol. The normalized spacial score (nSPS) is 10.2. The molecule has 0 heterocycles. The van der Waals surface area contributed by atoms with Crippen LogP contribution in [-0.2, 0) is 22.4 Å². The van der Waals surface area contributed by atoms with E-state index in [-0.39, 0.29) is 27.9 Å². The Balaban J connectivity index is 0.00000120. The zero-order valence-electron chi connectivity index (χ0n) is 9.31. The summed E-state index contributed by atoms with van der Waals surface area (Å²) in [6.45, 7) is 0. The largest absolute Gasteiger partial charge is 1.00 e. The second-order valence-electron chi connectivity index (χ2n) is 3.98. The molecule has 18 heavy (non-hydrogen) atoms. The van der Waals surface area contributed by atoms with Gasteiger partial charge in [-0.2, -0.15) is 0 Å². The number of carbonyl (C=O) groups is 1. The molecular formula is C15H9AgO2. The predicted octanol–water partition coefficient (Wildman–Crippen LogP) is 2.35. The second kappa shape index (κ2) is 4.94. The van der Waals surface area contributed by atoms with Gasteiger partial charge in [0.2, 0.25) is 0 Å². The van der Waals surface area contributed by atoms with E-state index >= 15 is 0 Å². The Morgan fingerprint density at radius 2 is 1.39 bits per heavy atom. The first-order valence-corrected chi connectivity index (χ1v) is 5.39. The average molecular weight is 329 g/mol. The molecule has 0 fully saturated rings. The number of carbonyl (C=O) groups excluding carboxylic acids is 1. The van der Waals surface area contributed by atoms with Crippen LogP contribution in [0.2, 0.25) is 0 Å². The summed E-state index contributed by atoms with van der Waals surface area (Å²) in [7, 11) is 0. The Hall–Kier alpha value is -1.61. The third-order valence-electron chi connectivity index (χ3n) is 2.99. The SMILES string of the molecule is O=C([O-])c1cc2ccccc2c2ccccc12.[Ag+]. The molecule has 0 amide bonds. The Labute approximate surface area is 120 Å². The molecule has 0 aliphatic carbocycles. The van der Waals surface area contributed by atoms with Crippen LogP contribution in [-0.4, -0.2) is 5.97 Å². The van der Waals surface area contributed by atoms with Gasteiger partial charge in [0.1, 0.15) is 0 Å². The molecule has 0 aliphatic heterocycles. The number of carboxylic acid groups (broad SMARTS) is 1. The minimum absolute atomic E-state index is 0. The minimum Gasteiger partial charge on any atom is -0.545 e. The standard InChI is InChI=1S/C15H10O2.Ag/c16-15(17)14-9-10-5-1-2-6-11(10)12-7-3-4-8-13(12)14;/h1-9H,(H,16,17);/q;+1/p-1. The van der Waals surface area contributed by atoms with Crippen molar-refractivity contribution in [1.82, 2.24) is 0 Å². The molecule has 3 aromatic rings. The van der Waals surface area contributed by atoms with Gasteiger partial charge in [-0.25, -0.2) is 0 Å². The van der Waals surface area contributed by atoms with E-state index in [1.807, 2.05) is 48.5 Å². The van der Waals surface area contributed by atoms with Crippen LogP contribution in [0.3, 0.4) is 0 Å². The van der Waals surface area contributed by atoms with Gasteiger partial charge in [-0.05, 0) is 27.6 Å². The summed E-state index contributed by atoms with van der Waals surface area (Å²) in [5, 5.41) is 14.8. The molecule has 92 valence electrons. The maximum absolute atomic E-state index is 11.1. The zero-order valence-corrected chi connectivity index (χ0v) is 10.8. The van der Waals surface area contributed by atoms with Crippen molar-refractivity contribution in [2.45, 2.75) is 0 Å². The molecule has 0 radical (unpaired) electrons. The number of hydrogen-bond acceptors (Lipinski definition) is 2. The van der Waals surface area contributed by atoms with Gasteiger partial charge < -0.3 is 9.90 Å². The van der Waals surface area contributed by atoms with E-state index < -0.39 is 5.97 Å². The van der Waals surface area contributed by atoms with Crippen LogP contribution in [0.5, 0.6) is 0 Å². The first-order chi connectivity index (χ1) is 8.27. The molecule has 0 N–H and O–H groups in total. The van der Waals surface area contributed by atoms with Crippen LogP contribution in [0.15, 0.2) is 54.6 Å². The van der Waals surface area contributed by atoms with Crippen molar-refractivity contribution in [3.05, 3.63) is 60.2 Å². The van der Waals surface area contributed by atoms with E-state index in [1.54, 1.807) is 6.07 Å². The van der Waals surface area contributed by atoms with Crippen molar-refractivity contribution in [3.8, 4) is 0 Å². The van der Waals surface area contributed by atoms with Crippen molar-refractivity contribution < 1.29 is 32.3 Å². The van der Waals surface area contributed by atoms with Gasteiger partial charge in [0, 0.05) is 5.56 Å². The van der Waals surface area contributed by atoms with Gasteiger partial charge in [-0.1, -0.05) is 48.5 Å². The Kier molecular flexibility index (Phi) is 3.53. The van der Waals surface area contributed by atoms with Gasteiger partial charge in [0.25, 0.3) is 0 Å². The zero-order chi connectivity index (χ0) is 11.8. The summed E-state index contributed by atoms with van der Waals surface area (Å²) in [6.07, 6.45) is 0. The van der Waals surface area contributed by atoms with Crippen LogP contribution < -0.4 is 5.11 Å². The molecule has 3 aromatic carbocycles. The molecule has 0 aromatic heterocycles. The van der Waals surface area contributed by atoms with Crippen molar-refractivity contribution in [3.63, 3.8) is 0 Å². The number of fused-ring (bicyclic) bond motifs is 3. The fourth-order valence-electron chi connectivity index (χ4n) is 2.22. The summed E-state index contributed by atoms with van der Waals surface area (Å²) >= 11 is 0. The van der Waals surface area contributed by atoms with Gasteiger partial charge in [-0.15, -0.1) is 0 Å². The Morgan fingerprint density at radius 1 is 0.833 bits per heavy atom. The quantitative estimate of drug-likeness (QED) is 0.508. The van der Waals surface area contributed by atoms with Crippen LogP contribution >= 0.6 is 0 Å². The van der Waals surface area contributed by atoms with Crippen molar-refractivity contribution in [2.24, 2.45) is 0 Å². The number of benzene rings is 3. The third-order valence-corrected chi connectivity index (χ3v) is 2.99. The third kappa shape index (κ3) is 1.95. The van der Waals surface area contributed by atoms with E-state index in [2.05, 4.69) is 0 Å². The van der Waals surface area contributed by atoms with Crippen LogP contribution in [0.1, 0.15) is 10.4 Å². The number of carboxylic acids is 1. The van der Waals surface area contributed by atoms with Gasteiger partial charge in [0.15, 0.2) is 0 Å². The van der Waals surface area contributed by atoms with E-state index in [9.17, 15) is 9.90 Å². The first-order valence-electron chi connectivity index (χ1n) is 5.39. The Morgan fingerprint density at radius 3 is 2.06 bits per heavy atom. The van der Waals surface area contributed by atoms with Crippen LogP contribution in [0.25, 0.3) is 21.5 Å². The molecule has 0 unspecified atom stereocenters. The van der Waals surface area contributed by atoms with Gasteiger partial charge >= 0.3 is 22.4 Å². The van der Waals surface area contributed by atoms with E-state index in [0.29, 0.717) is 0 Å². The molecule has 2 nitrogen and oxygen atoms in total. The summed E-state index contributed by atoms with van der Waals surface area (Å²) in [5.74, 6) is -1.13. The molecule has 0 saturated carbocycles.